The smallest absolute Gasteiger partial charge is 0.314 e. The third-order valence-electron chi connectivity index (χ3n) is 1.97. The van der Waals surface area contributed by atoms with E-state index in [0.717, 1.165) is 13.0 Å². The highest BCUT2D eigenvalue weighted by Gasteiger charge is 2.12. The number of benzene rings is 1. The average Bonchev–Trinajstić information content (AvgIpc) is 2.23. The Kier molecular flexibility index (Phi) is 5.66. The van der Waals surface area contributed by atoms with Gasteiger partial charge in [-0.05, 0) is 18.5 Å². The molecule has 0 amide bonds. The highest BCUT2D eigenvalue weighted by Crippen LogP contribution is 2.34. The van der Waals surface area contributed by atoms with E-state index in [-0.39, 0.29) is 6.61 Å². The number of hydrogen-bond acceptors (Lipinski definition) is 3. The molecule has 1 aromatic carbocycles. The molecule has 0 aliphatic carbocycles. The van der Waals surface area contributed by atoms with Gasteiger partial charge in [0.25, 0.3) is 0 Å². The van der Waals surface area contributed by atoms with E-state index in [1.54, 1.807) is 0 Å². The van der Waals surface area contributed by atoms with Crippen LogP contribution in [0.4, 0.5) is 0 Å². The fraction of sp³-hybridized carbons (Fsp3) is 0.400. The molecule has 0 atom stereocenters. The van der Waals surface area contributed by atoms with Gasteiger partial charge in [-0.2, -0.15) is 0 Å². The molecule has 0 fully saturated rings. The Morgan fingerprint density at radius 2 is 1.88 bits per heavy atom. The van der Waals surface area contributed by atoms with Crippen molar-refractivity contribution in [1.29, 1.82) is 0 Å². The molecule has 1 rings (SSSR count). The molecule has 90 valence electrons. The Bertz CT molecular complexity index is 338. The minimum absolute atomic E-state index is 0.0130. The molecule has 0 saturated heterocycles. The van der Waals surface area contributed by atoms with Crippen molar-refractivity contribution in [2.45, 2.75) is 6.42 Å². The van der Waals surface area contributed by atoms with Gasteiger partial charge >= 0.3 is 7.82 Å². The van der Waals surface area contributed by atoms with Crippen LogP contribution in [-0.2, 0) is 15.5 Å². The van der Waals surface area contributed by atoms with Gasteiger partial charge in [-0.1, -0.05) is 30.3 Å². The molecule has 0 saturated carbocycles. The third-order valence-corrected chi connectivity index (χ3v) is 2.49. The van der Waals surface area contributed by atoms with Crippen LogP contribution in [0.1, 0.15) is 5.56 Å². The predicted octanol–water partition coefficient (Wildman–Crippen LogP) is 0.928. The van der Waals surface area contributed by atoms with E-state index in [1.807, 2.05) is 30.3 Å². The van der Waals surface area contributed by atoms with Crippen LogP contribution in [0.15, 0.2) is 30.3 Å². The zero-order chi connectivity index (χ0) is 11.9. The average molecular weight is 245 g/mol. The van der Waals surface area contributed by atoms with Crippen molar-refractivity contribution in [2.75, 3.05) is 19.7 Å². The summed E-state index contributed by atoms with van der Waals surface area (Å²) >= 11 is 0. The zero-order valence-electron chi connectivity index (χ0n) is 8.87. The van der Waals surface area contributed by atoms with Crippen molar-refractivity contribution in [2.24, 2.45) is 0 Å². The maximum absolute atomic E-state index is 10.3. The fourth-order valence-corrected chi connectivity index (χ4v) is 1.57. The number of nitrogens with one attached hydrogen (secondary N) is 1. The Balaban J connectivity index is 2.03. The van der Waals surface area contributed by atoms with Gasteiger partial charge in [-0.15, -0.1) is 0 Å². The molecule has 1 aromatic rings. The summed E-state index contributed by atoms with van der Waals surface area (Å²) in [5.74, 6) is 0. The summed E-state index contributed by atoms with van der Waals surface area (Å²) in [5, 5.41) is 3.04. The van der Waals surface area contributed by atoms with E-state index in [0.29, 0.717) is 6.54 Å². The van der Waals surface area contributed by atoms with Gasteiger partial charge in [-0.25, -0.2) is 4.57 Å². The molecule has 0 spiro atoms. The lowest BCUT2D eigenvalue weighted by Gasteiger charge is -2.06. The standard InChI is InChI=1S/C10H16NO4P/c12-16(13,14)15-9-8-11-7-6-10-4-2-1-3-5-10/h1-5,11H,6-9H2,(H2,12,13,14). The maximum Gasteiger partial charge on any atom is 0.469 e. The molecule has 16 heavy (non-hydrogen) atoms. The van der Waals surface area contributed by atoms with Crippen LogP contribution in [0, 0.1) is 0 Å². The van der Waals surface area contributed by atoms with E-state index >= 15 is 0 Å². The lowest BCUT2D eigenvalue weighted by atomic mass is 10.1. The zero-order valence-corrected chi connectivity index (χ0v) is 9.77. The predicted molar refractivity (Wildman–Crippen MR) is 61.0 cm³/mol. The third kappa shape index (κ3) is 6.71. The fourth-order valence-electron chi connectivity index (χ4n) is 1.24. The summed E-state index contributed by atoms with van der Waals surface area (Å²) in [4.78, 5) is 16.8. The van der Waals surface area contributed by atoms with Gasteiger partial charge in [0.2, 0.25) is 0 Å². The molecule has 0 unspecified atom stereocenters. The van der Waals surface area contributed by atoms with E-state index in [1.165, 1.54) is 5.56 Å². The van der Waals surface area contributed by atoms with E-state index in [4.69, 9.17) is 9.79 Å². The number of rotatable bonds is 7. The van der Waals surface area contributed by atoms with Crippen molar-refractivity contribution >= 4 is 7.82 Å². The van der Waals surface area contributed by atoms with Gasteiger partial charge in [0.1, 0.15) is 0 Å². The van der Waals surface area contributed by atoms with Gasteiger partial charge in [0, 0.05) is 6.54 Å². The summed E-state index contributed by atoms with van der Waals surface area (Å²) in [6, 6.07) is 9.99. The minimum Gasteiger partial charge on any atom is -0.314 e. The van der Waals surface area contributed by atoms with E-state index in [9.17, 15) is 4.57 Å². The highest BCUT2D eigenvalue weighted by atomic mass is 31.2. The van der Waals surface area contributed by atoms with Crippen LogP contribution >= 0.6 is 7.82 Å². The van der Waals surface area contributed by atoms with Crippen LogP contribution in [0.5, 0.6) is 0 Å². The lowest BCUT2D eigenvalue weighted by molar-refractivity contribution is 0.197. The summed E-state index contributed by atoms with van der Waals surface area (Å²) in [7, 11) is -4.31. The Morgan fingerprint density at radius 1 is 1.19 bits per heavy atom. The lowest BCUT2D eigenvalue weighted by Crippen LogP contribution is -2.21. The first-order chi connectivity index (χ1) is 7.58. The molecule has 6 heteroatoms. The molecule has 0 heterocycles. The van der Waals surface area contributed by atoms with Crippen LogP contribution in [0.3, 0.4) is 0 Å². The van der Waals surface area contributed by atoms with Gasteiger partial charge in [0.05, 0.1) is 6.61 Å². The van der Waals surface area contributed by atoms with Gasteiger partial charge < -0.3 is 15.1 Å². The van der Waals surface area contributed by atoms with Crippen molar-refractivity contribution in [3.8, 4) is 0 Å². The molecule has 0 aromatic heterocycles. The second kappa shape index (κ2) is 6.78. The highest BCUT2D eigenvalue weighted by molar-refractivity contribution is 7.46. The largest absolute Gasteiger partial charge is 0.469 e. The van der Waals surface area contributed by atoms with Crippen molar-refractivity contribution in [3.05, 3.63) is 35.9 Å². The molecule has 0 radical (unpaired) electrons. The second-order valence-corrected chi connectivity index (χ2v) is 4.55. The Labute approximate surface area is 94.7 Å². The minimum atomic E-state index is -4.31. The van der Waals surface area contributed by atoms with E-state index < -0.39 is 7.82 Å². The first-order valence-electron chi connectivity index (χ1n) is 5.03. The summed E-state index contributed by atoms with van der Waals surface area (Å²) in [6.07, 6.45) is 0.886. The van der Waals surface area contributed by atoms with E-state index in [2.05, 4.69) is 9.84 Å². The number of phosphoric ester groups is 1. The summed E-state index contributed by atoms with van der Waals surface area (Å²) in [5.41, 5.74) is 1.23. The Hall–Kier alpha value is -0.710. The molecular weight excluding hydrogens is 229 g/mol. The van der Waals surface area contributed by atoms with Crippen molar-refractivity contribution in [3.63, 3.8) is 0 Å². The molecule has 3 N–H and O–H groups in total. The van der Waals surface area contributed by atoms with Crippen LogP contribution in [-0.4, -0.2) is 29.5 Å². The molecular formula is C10H16NO4P. The first-order valence-corrected chi connectivity index (χ1v) is 6.56. The van der Waals surface area contributed by atoms with Gasteiger partial charge in [-0.3, -0.25) is 4.52 Å². The summed E-state index contributed by atoms with van der Waals surface area (Å²) in [6.45, 7) is 1.20. The molecule has 0 aliphatic rings. The Morgan fingerprint density at radius 3 is 2.50 bits per heavy atom. The number of phosphoric acid groups is 1. The number of hydrogen-bond donors (Lipinski definition) is 3. The summed E-state index contributed by atoms with van der Waals surface area (Å²) < 4.78 is 14.6. The van der Waals surface area contributed by atoms with Crippen molar-refractivity contribution in [1.82, 2.24) is 5.32 Å². The molecule has 0 aliphatic heterocycles. The van der Waals surface area contributed by atoms with Crippen LogP contribution < -0.4 is 5.32 Å². The topological polar surface area (TPSA) is 78.8 Å². The molecule has 0 bridgehead atoms. The second-order valence-electron chi connectivity index (χ2n) is 3.31. The van der Waals surface area contributed by atoms with Crippen LogP contribution in [0.25, 0.3) is 0 Å². The van der Waals surface area contributed by atoms with Gasteiger partial charge in [0.15, 0.2) is 0 Å². The quantitative estimate of drug-likeness (QED) is 0.492. The SMILES string of the molecule is O=P(O)(O)OCCNCCc1ccccc1. The molecule has 5 nitrogen and oxygen atoms in total. The normalized spacial score (nSPS) is 11.6. The maximum atomic E-state index is 10.3. The van der Waals surface area contributed by atoms with Crippen molar-refractivity contribution < 1.29 is 18.9 Å². The monoisotopic (exact) mass is 245 g/mol. The first kappa shape index (κ1) is 13.4. The van der Waals surface area contributed by atoms with Crippen LogP contribution in [0.2, 0.25) is 0 Å².